The molecule has 0 N–H and O–H groups in total. The lowest BCUT2D eigenvalue weighted by molar-refractivity contribution is -0.384. The van der Waals surface area contributed by atoms with E-state index in [4.69, 9.17) is 4.74 Å². The predicted octanol–water partition coefficient (Wildman–Crippen LogP) is 7.20. The third-order valence-electron chi connectivity index (χ3n) is 4.31. The number of hydrogen-bond acceptors (Lipinski definition) is 5. The summed E-state index contributed by atoms with van der Waals surface area (Å²) in [5.74, 6) is 0.442. The summed E-state index contributed by atoms with van der Waals surface area (Å²) in [4.78, 5) is 19.1. The van der Waals surface area contributed by atoms with Gasteiger partial charge in [-0.15, -0.1) is 0 Å². The van der Waals surface area contributed by atoms with E-state index in [1.54, 1.807) is 24.5 Å². The number of aromatic nitrogens is 2. The van der Waals surface area contributed by atoms with Gasteiger partial charge in [0.1, 0.15) is 11.3 Å². The lowest BCUT2D eigenvalue weighted by Crippen LogP contribution is -2.17. The molecule has 31 heavy (non-hydrogen) atoms. The van der Waals surface area contributed by atoms with Crippen LogP contribution in [0.2, 0.25) is 0 Å². The molecule has 3 aromatic rings. The third-order valence-corrected chi connectivity index (χ3v) is 4.31. The van der Waals surface area contributed by atoms with Crippen molar-refractivity contribution in [3.05, 3.63) is 82.7 Å². The van der Waals surface area contributed by atoms with Crippen LogP contribution >= 0.6 is 0 Å². The molecule has 2 aromatic carbocycles. The third kappa shape index (κ3) is 6.60. The molecule has 0 spiro atoms. The van der Waals surface area contributed by atoms with E-state index in [1.165, 1.54) is 12.1 Å². The van der Waals surface area contributed by atoms with E-state index in [0.29, 0.717) is 11.6 Å². The monoisotopic (exact) mass is 423 g/mol. The minimum absolute atomic E-state index is 0.0399. The molecular formula is C25H33N3O3. The first-order valence-corrected chi connectivity index (χ1v) is 11.0. The van der Waals surface area contributed by atoms with Crippen LogP contribution in [-0.2, 0) is 5.60 Å². The van der Waals surface area contributed by atoms with Crippen molar-refractivity contribution in [3.8, 4) is 17.1 Å². The summed E-state index contributed by atoms with van der Waals surface area (Å²) in [6.07, 6.45) is 5.03. The van der Waals surface area contributed by atoms with Crippen LogP contribution in [0, 0.1) is 10.1 Å². The Balaban J connectivity index is 0.000000739. The van der Waals surface area contributed by atoms with Gasteiger partial charge in [0.15, 0.2) is 0 Å². The number of non-ortho nitro benzene ring substituents is 1. The van der Waals surface area contributed by atoms with Crippen molar-refractivity contribution in [2.75, 3.05) is 0 Å². The van der Waals surface area contributed by atoms with Gasteiger partial charge in [0.05, 0.1) is 4.92 Å². The summed E-state index contributed by atoms with van der Waals surface area (Å²) in [7, 11) is 0. The van der Waals surface area contributed by atoms with E-state index in [9.17, 15) is 10.1 Å². The molecule has 1 aromatic heterocycles. The number of nitro groups is 1. The van der Waals surface area contributed by atoms with Gasteiger partial charge in [-0.1, -0.05) is 71.9 Å². The highest BCUT2D eigenvalue weighted by molar-refractivity contribution is 5.65. The van der Waals surface area contributed by atoms with Crippen molar-refractivity contribution >= 4 is 5.69 Å². The summed E-state index contributed by atoms with van der Waals surface area (Å²) >= 11 is 0. The molecule has 0 bridgehead atoms. The van der Waals surface area contributed by atoms with Gasteiger partial charge in [-0.3, -0.25) is 10.1 Å². The zero-order valence-corrected chi connectivity index (χ0v) is 19.3. The van der Waals surface area contributed by atoms with Crippen LogP contribution in [0.4, 0.5) is 5.69 Å². The van der Waals surface area contributed by atoms with Crippen molar-refractivity contribution in [1.29, 1.82) is 0 Å². The summed E-state index contributed by atoms with van der Waals surface area (Å²) in [6, 6.07) is 16.3. The number of nitro benzene ring substituents is 1. The summed E-state index contributed by atoms with van der Waals surface area (Å²) in [6.45, 7) is 12.0. The Labute approximate surface area is 185 Å². The van der Waals surface area contributed by atoms with Crippen LogP contribution in [0.5, 0.6) is 5.88 Å². The minimum Gasteiger partial charge on any atom is -0.465 e. The topological polar surface area (TPSA) is 78.2 Å². The fraction of sp³-hybridized carbons (Fsp3) is 0.360. The molecule has 0 saturated heterocycles. The van der Waals surface area contributed by atoms with E-state index in [1.807, 2.05) is 59.7 Å². The summed E-state index contributed by atoms with van der Waals surface area (Å²) in [5.41, 5.74) is 2.12. The molecule has 0 atom stereocenters. The van der Waals surface area contributed by atoms with Gasteiger partial charge < -0.3 is 4.74 Å². The minimum atomic E-state index is -0.424. The summed E-state index contributed by atoms with van der Waals surface area (Å²) < 4.78 is 6.25. The molecule has 0 unspecified atom stereocenters. The smallest absolute Gasteiger partial charge is 0.269 e. The number of benzene rings is 2. The molecule has 4 rings (SSSR count). The lowest BCUT2D eigenvalue weighted by Gasteiger charge is -2.19. The highest BCUT2D eigenvalue weighted by atomic mass is 16.6. The van der Waals surface area contributed by atoms with Crippen molar-refractivity contribution < 1.29 is 9.66 Å². The van der Waals surface area contributed by atoms with E-state index in [2.05, 4.69) is 22.1 Å². The van der Waals surface area contributed by atoms with Crippen LogP contribution in [0.15, 0.2) is 67.0 Å². The standard InChI is InChI=1S/C19H15N3O3.3C2H6/c23-22(24)16-8-6-14(7-9-16)17-18(21-13-12-20-17)25-19(10-11-19)15-4-2-1-3-5-15;3*1-2/h1-9,12-13H,10-11H2;3*1-2H3. The Morgan fingerprint density at radius 2 is 1.39 bits per heavy atom. The molecule has 0 aliphatic heterocycles. The zero-order valence-electron chi connectivity index (χ0n) is 19.3. The zero-order chi connectivity index (χ0) is 23.3. The molecular weight excluding hydrogens is 390 g/mol. The van der Waals surface area contributed by atoms with E-state index in [-0.39, 0.29) is 11.3 Å². The van der Waals surface area contributed by atoms with E-state index in [0.717, 1.165) is 24.0 Å². The first kappa shape index (κ1) is 25.8. The Morgan fingerprint density at radius 3 is 1.90 bits per heavy atom. The molecule has 1 saturated carbocycles. The molecule has 166 valence electrons. The van der Waals surface area contributed by atoms with Gasteiger partial charge >= 0.3 is 0 Å². The fourth-order valence-electron chi connectivity index (χ4n) is 2.83. The second-order valence-corrected chi connectivity index (χ2v) is 5.98. The van der Waals surface area contributed by atoms with E-state index < -0.39 is 4.92 Å². The highest BCUT2D eigenvalue weighted by Crippen LogP contribution is 2.49. The average Bonchev–Trinajstić information content (AvgIpc) is 3.64. The van der Waals surface area contributed by atoms with Crippen LogP contribution in [0.25, 0.3) is 11.3 Å². The summed E-state index contributed by atoms with van der Waals surface area (Å²) in [5, 5.41) is 10.8. The van der Waals surface area contributed by atoms with Gasteiger partial charge in [0, 0.05) is 30.1 Å². The Morgan fingerprint density at radius 1 is 0.839 bits per heavy atom. The number of ether oxygens (including phenoxy) is 1. The molecule has 6 nitrogen and oxygen atoms in total. The first-order chi connectivity index (χ1) is 15.2. The Hall–Kier alpha value is -3.28. The average molecular weight is 424 g/mol. The van der Waals surface area contributed by atoms with Gasteiger partial charge in [-0.2, -0.15) is 0 Å². The first-order valence-electron chi connectivity index (χ1n) is 11.0. The number of rotatable bonds is 5. The van der Waals surface area contributed by atoms with Crippen LogP contribution in [0.3, 0.4) is 0 Å². The Kier molecular flexibility index (Phi) is 10.9. The second-order valence-electron chi connectivity index (χ2n) is 5.98. The molecule has 1 heterocycles. The van der Waals surface area contributed by atoms with Crippen molar-refractivity contribution in [1.82, 2.24) is 9.97 Å². The van der Waals surface area contributed by atoms with Crippen molar-refractivity contribution in [3.63, 3.8) is 0 Å². The highest BCUT2D eigenvalue weighted by Gasteiger charge is 2.48. The normalized spacial score (nSPS) is 12.5. The molecule has 6 heteroatoms. The van der Waals surface area contributed by atoms with Gasteiger partial charge in [0.25, 0.3) is 5.69 Å². The quantitative estimate of drug-likeness (QED) is 0.320. The maximum atomic E-state index is 10.8. The van der Waals surface area contributed by atoms with Gasteiger partial charge in [0.2, 0.25) is 5.88 Å². The predicted molar refractivity (Wildman–Crippen MR) is 126 cm³/mol. The largest absolute Gasteiger partial charge is 0.465 e. The van der Waals surface area contributed by atoms with Crippen molar-refractivity contribution in [2.24, 2.45) is 0 Å². The molecule has 1 aliphatic rings. The molecule has 0 amide bonds. The van der Waals surface area contributed by atoms with Gasteiger partial charge in [-0.05, 0) is 30.5 Å². The maximum Gasteiger partial charge on any atom is 0.269 e. The molecule has 0 radical (unpaired) electrons. The maximum absolute atomic E-state index is 10.8. The van der Waals surface area contributed by atoms with Crippen LogP contribution < -0.4 is 4.74 Å². The van der Waals surface area contributed by atoms with Gasteiger partial charge in [-0.25, -0.2) is 9.97 Å². The van der Waals surface area contributed by atoms with E-state index >= 15 is 0 Å². The number of hydrogen-bond donors (Lipinski definition) is 0. The van der Waals surface area contributed by atoms with Crippen LogP contribution in [-0.4, -0.2) is 14.9 Å². The second kappa shape index (κ2) is 13.1. The lowest BCUT2D eigenvalue weighted by atomic mass is 10.1. The van der Waals surface area contributed by atoms with Crippen molar-refractivity contribution in [2.45, 2.75) is 60.0 Å². The Bertz CT molecular complexity index is 909. The molecule has 1 fully saturated rings. The van der Waals surface area contributed by atoms with Crippen LogP contribution in [0.1, 0.15) is 59.9 Å². The molecule has 1 aliphatic carbocycles. The number of nitrogens with zero attached hydrogens (tertiary/aromatic N) is 3. The SMILES string of the molecule is CC.CC.CC.O=[N+]([O-])c1ccc(-c2nccnc2OC2(c3ccccc3)CC2)cc1. The fourth-order valence-corrected chi connectivity index (χ4v) is 2.83.